The molecule has 2 aliphatic rings. The highest BCUT2D eigenvalue weighted by molar-refractivity contribution is 8.22. The van der Waals surface area contributed by atoms with E-state index in [1.807, 2.05) is 41.4 Å². The van der Waals surface area contributed by atoms with Crippen molar-refractivity contribution < 1.29 is 13.9 Å². The second-order valence-corrected chi connectivity index (χ2v) is 13.7. The summed E-state index contributed by atoms with van der Waals surface area (Å²) < 4.78 is 20.9. The summed E-state index contributed by atoms with van der Waals surface area (Å²) in [5.74, 6) is -0.910. The highest BCUT2D eigenvalue weighted by atomic mass is 35.5. The summed E-state index contributed by atoms with van der Waals surface area (Å²) in [6.07, 6.45) is 13.1. The normalized spacial score (nSPS) is 16.0. The molecule has 0 saturated heterocycles. The van der Waals surface area contributed by atoms with Crippen molar-refractivity contribution in [3.8, 4) is 5.18 Å². The number of ether oxygens (including phenoxy) is 1. The van der Waals surface area contributed by atoms with Crippen molar-refractivity contribution in [1.82, 2.24) is 10.5 Å². The number of hydrogen-bond acceptors (Lipinski definition) is 5. The number of hydrogen-bond donors (Lipinski definition) is 1. The van der Waals surface area contributed by atoms with Gasteiger partial charge in [0.05, 0.1) is 11.2 Å². The highest BCUT2D eigenvalue weighted by Crippen LogP contribution is 2.36. The van der Waals surface area contributed by atoms with Gasteiger partial charge < -0.3 is 4.74 Å². The molecular weight excluding hydrogens is 473 g/mol. The summed E-state index contributed by atoms with van der Waals surface area (Å²) in [6, 6.07) is 13.0. The zero-order valence-corrected chi connectivity index (χ0v) is 21.4. The number of benzene rings is 2. The number of rotatable bonds is 7. The topological polar surface area (TPSA) is 44.6 Å². The summed E-state index contributed by atoms with van der Waals surface area (Å²) in [4.78, 5) is 12.6. The Bertz CT molecular complexity index is 1190. The van der Waals surface area contributed by atoms with E-state index in [1.54, 1.807) is 17.3 Å². The minimum atomic E-state index is -1.18. The minimum Gasteiger partial charge on any atom is -0.456 e. The molecule has 1 heterocycles. The molecule has 4 rings (SSSR count). The fraction of sp³-hybridized carbons (Fsp3) is 0.385. The molecule has 1 N–H and O–H groups in total. The Hall–Kier alpha value is -2.44. The highest BCUT2D eigenvalue weighted by Gasteiger charge is 2.35. The maximum absolute atomic E-state index is 15.5. The van der Waals surface area contributed by atoms with Crippen molar-refractivity contribution in [2.75, 3.05) is 23.8 Å². The third kappa shape index (κ3) is 6.16. The Labute approximate surface area is 207 Å². The number of carbonyl (C=O) groups is 1. The second kappa shape index (κ2) is 10.4. The van der Waals surface area contributed by atoms with Gasteiger partial charge in [-0.1, -0.05) is 66.4 Å². The van der Waals surface area contributed by atoms with Gasteiger partial charge in [0.25, 0.3) is 0 Å². The number of carbonyl (C=O) groups excluding carboxylic acids is 1. The monoisotopic (exact) mass is 503 g/mol. The first-order valence-corrected chi connectivity index (χ1v) is 14.7. The van der Waals surface area contributed by atoms with Crippen LogP contribution in [0.25, 0.3) is 0 Å². The van der Waals surface area contributed by atoms with Crippen LogP contribution in [0, 0.1) is 11.0 Å². The molecule has 34 heavy (non-hydrogen) atoms. The number of nitrogens with zero attached hydrogens (tertiary/aromatic N) is 2. The summed E-state index contributed by atoms with van der Waals surface area (Å²) >= 11 is 6.22. The van der Waals surface area contributed by atoms with Crippen LogP contribution in [0.2, 0.25) is 5.02 Å². The summed E-state index contributed by atoms with van der Waals surface area (Å²) in [5.41, 5.74) is 5.61. The Morgan fingerprint density at radius 3 is 2.56 bits per heavy atom. The average molecular weight is 504 g/mol. The van der Waals surface area contributed by atoms with Gasteiger partial charge in [-0.3, -0.25) is 10.0 Å². The van der Waals surface area contributed by atoms with Crippen molar-refractivity contribution in [1.29, 1.82) is 0 Å². The summed E-state index contributed by atoms with van der Waals surface area (Å²) in [7, 11) is -1.18. The molecule has 0 unspecified atom stereocenters. The maximum Gasteiger partial charge on any atom is 0.358 e. The summed E-state index contributed by atoms with van der Waals surface area (Å²) in [6.45, 7) is 0.197. The van der Waals surface area contributed by atoms with Crippen molar-refractivity contribution in [3.63, 3.8) is 0 Å². The van der Waals surface area contributed by atoms with E-state index in [-0.39, 0.29) is 17.7 Å². The van der Waals surface area contributed by atoms with Gasteiger partial charge in [-0.25, -0.2) is 9.18 Å². The quantitative estimate of drug-likeness (QED) is 0.374. The second-order valence-electron chi connectivity index (χ2n) is 9.40. The van der Waals surface area contributed by atoms with Gasteiger partial charge >= 0.3 is 5.97 Å². The zero-order chi connectivity index (χ0) is 24.3. The molecule has 1 aliphatic heterocycles. The molecule has 0 bridgehead atoms. The van der Waals surface area contributed by atoms with Crippen molar-refractivity contribution in [3.05, 3.63) is 76.3 Å². The zero-order valence-electron chi connectivity index (χ0n) is 19.8. The third-order valence-corrected chi connectivity index (χ3v) is 6.87. The molecule has 0 spiro atoms. The van der Waals surface area contributed by atoms with Crippen molar-refractivity contribution >= 4 is 32.7 Å². The smallest absolute Gasteiger partial charge is 0.358 e. The van der Waals surface area contributed by atoms with Crippen LogP contribution in [0.4, 0.5) is 10.1 Å². The van der Waals surface area contributed by atoms with Crippen LogP contribution in [-0.4, -0.2) is 35.8 Å². The predicted octanol–water partition coefficient (Wildman–Crippen LogP) is 5.94. The lowest BCUT2D eigenvalue weighted by Gasteiger charge is -2.37. The molecule has 0 aromatic heterocycles. The van der Waals surface area contributed by atoms with Crippen LogP contribution in [-0.2, 0) is 16.1 Å². The number of esters is 1. The Kier molecular flexibility index (Phi) is 7.58. The lowest BCUT2D eigenvalue weighted by Crippen LogP contribution is -2.50. The standard InChI is InChI=1S/C26H31ClFN3O2S/c1-34(2,3)18-20-14-15-22(27)24(28)25(20)31(21-12-8-5-9-13-21)29-30-16-23(30)26(32)33-17-19-10-6-4-7-11-19/h4,6-7,10-11,14-16,21,29H,5,8-9,12-13,17H2,1-3H3. The Balaban J connectivity index is 1.56. The lowest BCUT2D eigenvalue weighted by molar-refractivity contribution is -0.140. The maximum atomic E-state index is 15.5. The number of nitrogens with one attached hydrogen (secondary N) is 1. The fourth-order valence-corrected chi connectivity index (χ4v) is 5.06. The van der Waals surface area contributed by atoms with Gasteiger partial charge in [0, 0.05) is 11.6 Å². The molecule has 1 fully saturated rings. The molecule has 0 amide bonds. The number of anilines is 1. The predicted molar refractivity (Wildman–Crippen MR) is 138 cm³/mol. The van der Waals surface area contributed by atoms with Gasteiger partial charge in [-0.05, 0) is 49.3 Å². The molecule has 1 aliphatic carbocycles. The van der Waals surface area contributed by atoms with Crippen LogP contribution in [0.15, 0.2) is 54.4 Å². The van der Waals surface area contributed by atoms with E-state index >= 15 is 4.39 Å². The average Bonchev–Trinajstić information content (AvgIpc) is 3.59. The molecule has 2 aromatic carbocycles. The molecule has 0 atom stereocenters. The SMILES string of the molecule is CS(C)(C)#Cc1ccc(Cl)c(F)c1N(NN1C=C1C(=O)OCc1ccccc1)C1CCCCC1. The van der Waals surface area contributed by atoms with Crippen LogP contribution in [0.3, 0.4) is 0 Å². The van der Waals surface area contributed by atoms with Crippen LogP contribution < -0.4 is 10.5 Å². The molecule has 182 valence electrons. The van der Waals surface area contributed by atoms with E-state index < -0.39 is 21.2 Å². The molecule has 2 aromatic rings. The van der Waals surface area contributed by atoms with E-state index in [9.17, 15) is 4.79 Å². The van der Waals surface area contributed by atoms with Gasteiger partial charge in [-0.2, -0.15) is 9.44 Å². The van der Waals surface area contributed by atoms with Gasteiger partial charge in [-0.15, -0.1) is 5.53 Å². The van der Waals surface area contributed by atoms with Gasteiger partial charge in [0.15, 0.2) is 11.5 Å². The molecule has 5 nitrogen and oxygen atoms in total. The minimum absolute atomic E-state index is 0.0628. The van der Waals surface area contributed by atoms with E-state index in [0.29, 0.717) is 16.9 Å². The van der Waals surface area contributed by atoms with Gasteiger partial charge in [0.2, 0.25) is 0 Å². The van der Waals surface area contributed by atoms with E-state index in [4.69, 9.17) is 16.3 Å². The molecule has 1 saturated carbocycles. The number of halogens is 2. The van der Waals surface area contributed by atoms with Crippen molar-refractivity contribution in [2.45, 2.75) is 44.8 Å². The summed E-state index contributed by atoms with van der Waals surface area (Å²) in [5, 5.41) is 6.97. The Morgan fingerprint density at radius 1 is 1.18 bits per heavy atom. The van der Waals surface area contributed by atoms with E-state index in [0.717, 1.165) is 31.2 Å². The van der Waals surface area contributed by atoms with Crippen LogP contribution in [0.5, 0.6) is 0 Å². The molecule has 0 radical (unpaired) electrons. The molecule has 8 heteroatoms. The van der Waals surface area contributed by atoms with Crippen molar-refractivity contribution in [2.24, 2.45) is 0 Å². The first kappa shape index (κ1) is 24.7. The third-order valence-electron chi connectivity index (χ3n) is 5.75. The molecular formula is C26H31ClFN3O2S. The largest absolute Gasteiger partial charge is 0.456 e. The first-order valence-electron chi connectivity index (χ1n) is 11.4. The lowest BCUT2D eigenvalue weighted by atomic mass is 9.94. The van der Waals surface area contributed by atoms with Gasteiger partial charge in [0.1, 0.15) is 12.3 Å². The fourth-order valence-electron chi connectivity index (χ4n) is 4.08. The van der Waals surface area contributed by atoms with Crippen LogP contribution in [0.1, 0.15) is 43.2 Å². The van der Waals surface area contributed by atoms with E-state index in [2.05, 4.69) is 29.5 Å². The number of hydrazine groups is 2. The van der Waals surface area contributed by atoms with Crippen LogP contribution >= 0.6 is 21.0 Å². The first-order chi connectivity index (χ1) is 16.2. The van der Waals surface area contributed by atoms with E-state index in [1.165, 1.54) is 6.42 Å². The Morgan fingerprint density at radius 2 is 1.88 bits per heavy atom.